The lowest BCUT2D eigenvalue weighted by Crippen LogP contribution is -2.36. The first-order valence-electron chi connectivity index (χ1n) is 7.34. The molecule has 2 rings (SSSR count). The zero-order valence-electron chi connectivity index (χ0n) is 12.4. The number of hydrogen-bond acceptors (Lipinski definition) is 2. The van der Waals surface area contributed by atoms with Gasteiger partial charge < -0.3 is 4.74 Å². The zero-order valence-corrected chi connectivity index (χ0v) is 13.2. The van der Waals surface area contributed by atoms with E-state index in [9.17, 15) is 4.21 Å². The second kappa shape index (κ2) is 7.07. The van der Waals surface area contributed by atoms with Crippen molar-refractivity contribution in [3.05, 3.63) is 42.2 Å². The highest BCUT2D eigenvalue weighted by atomic mass is 32.2. The van der Waals surface area contributed by atoms with Crippen LogP contribution in [0.2, 0.25) is 0 Å². The van der Waals surface area contributed by atoms with Gasteiger partial charge in [-0.05, 0) is 44.2 Å². The van der Waals surface area contributed by atoms with Gasteiger partial charge in [0.2, 0.25) is 0 Å². The molecule has 3 heteroatoms. The minimum Gasteiger partial charge on any atom is -0.501 e. The van der Waals surface area contributed by atoms with Crippen LogP contribution in [0.25, 0.3) is 5.57 Å². The highest BCUT2D eigenvalue weighted by Crippen LogP contribution is 2.30. The first-order chi connectivity index (χ1) is 9.62. The van der Waals surface area contributed by atoms with Gasteiger partial charge in [-0.1, -0.05) is 36.8 Å². The van der Waals surface area contributed by atoms with Crippen LogP contribution in [0.3, 0.4) is 0 Å². The number of hydrogen-bond donors (Lipinski definition) is 0. The van der Waals surface area contributed by atoms with Crippen molar-refractivity contribution in [2.75, 3.05) is 12.4 Å². The van der Waals surface area contributed by atoms with Gasteiger partial charge in [-0.3, -0.25) is 4.21 Å². The van der Waals surface area contributed by atoms with Crippen LogP contribution in [0, 0.1) is 0 Å². The van der Waals surface area contributed by atoms with Crippen LogP contribution in [-0.2, 0) is 15.5 Å². The van der Waals surface area contributed by atoms with Crippen LogP contribution in [-0.4, -0.2) is 21.3 Å². The lowest BCUT2D eigenvalue weighted by Gasteiger charge is -2.32. The van der Waals surface area contributed by atoms with E-state index in [1.807, 2.05) is 24.5 Å². The second-order valence-electron chi connectivity index (χ2n) is 5.74. The van der Waals surface area contributed by atoms with Gasteiger partial charge in [0.15, 0.2) is 0 Å². The molecule has 1 aliphatic rings. The Labute approximate surface area is 124 Å². The molecule has 1 saturated heterocycles. The summed E-state index contributed by atoms with van der Waals surface area (Å²) in [7, 11) is -0.694. The topological polar surface area (TPSA) is 26.3 Å². The van der Waals surface area contributed by atoms with Crippen molar-refractivity contribution < 1.29 is 8.95 Å². The zero-order chi connectivity index (χ0) is 14.4. The standard InChI is InChI=1S/C17H24O2S/c1-15(16-8-4-3-5-9-16)14-19-12-11-17(2)10-6-7-13-20(17)18/h3-5,8-9,14H,6-7,10-13H2,1-2H3/b15-14-. The quantitative estimate of drug-likeness (QED) is 0.602. The Balaban J connectivity index is 1.83. The van der Waals surface area contributed by atoms with E-state index in [0.29, 0.717) is 6.61 Å². The van der Waals surface area contributed by atoms with Crippen LogP contribution in [0.15, 0.2) is 36.6 Å². The maximum absolute atomic E-state index is 12.1. The van der Waals surface area contributed by atoms with Crippen LogP contribution in [0.5, 0.6) is 0 Å². The summed E-state index contributed by atoms with van der Waals surface area (Å²) in [5.41, 5.74) is 2.31. The van der Waals surface area contributed by atoms with E-state index >= 15 is 0 Å². The third-order valence-electron chi connectivity index (χ3n) is 4.07. The Bertz CT molecular complexity index is 481. The number of allylic oxidation sites excluding steroid dienone is 1. The fourth-order valence-electron chi connectivity index (χ4n) is 2.56. The molecule has 2 nitrogen and oxygen atoms in total. The molecule has 1 aromatic carbocycles. The van der Waals surface area contributed by atoms with Crippen LogP contribution in [0.1, 0.15) is 45.1 Å². The van der Waals surface area contributed by atoms with Crippen molar-refractivity contribution in [3.63, 3.8) is 0 Å². The fourth-order valence-corrected chi connectivity index (χ4v) is 4.20. The predicted octanol–water partition coefficient (Wildman–Crippen LogP) is 4.15. The average molecular weight is 292 g/mol. The molecule has 2 unspecified atom stereocenters. The van der Waals surface area contributed by atoms with Crippen molar-refractivity contribution in [2.24, 2.45) is 0 Å². The summed E-state index contributed by atoms with van der Waals surface area (Å²) in [6.07, 6.45) is 6.06. The average Bonchev–Trinajstić information content (AvgIpc) is 2.48. The molecule has 0 aromatic heterocycles. The summed E-state index contributed by atoms with van der Waals surface area (Å²) in [4.78, 5) is 0. The molecule has 20 heavy (non-hydrogen) atoms. The molecule has 0 aliphatic carbocycles. The molecule has 0 bridgehead atoms. The number of rotatable bonds is 5. The maximum atomic E-state index is 12.1. The van der Waals surface area contributed by atoms with E-state index < -0.39 is 10.8 Å². The number of ether oxygens (including phenoxy) is 1. The van der Waals surface area contributed by atoms with Crippen molar-refractivity contribution in [1.82, 2.24) is 0 Å². The molecule has 0 spiro atoms. The summed E-state index contributed by atoms with van der Waals surface area (Å²) in [5.74, 6) is 0.857. The molecule has 110 valence electrons. The third-order valence-corrected chi connectivity index (χ3v) is 6.24. The SMILES string of the molecule is C/C(=C/OCCC1(C)CCCCS1=O)c1ccccc1. The van der Waals surface area contributed by atoms with Gasteiger partial charge in [-0.15, -0.1) is 0 Å². The molecule has 0 amide bonds. The van der Waals surface area contributed by atoms with E-state index in [-0.39, 0.29) is 4.75 Å². The second-order valence-corrected chi connectivity index (χ2v) is 7.83. The Morgan fingerprint density at radius 1 is 1.35 bits per heavy atom. The predicted molar refractivity (Wildman–Crippen MR) is 85.9 cm³/mol. The first kappa shape index (κ1) is 15.3. The smallest absolute Gasteiger partial charge is 0.0887 e. The Morgan fingerprint density at radius 2 is 2.10 bits per heavy atom. The Morgan fingerprint density at radius 3 is 2.80 bits per heavy atom. The summed E-state index contributed by atoms with van der Waals surface area (Å²) >= 11 is 0. The molecule has 0 saturated carbocycles. The lowest BCUT2D eigenvalue weighted by molar-refractivity contribution is 0.228. The van der Waals surface area contributed by atoms with Crippen LogP contribution < -0.4 is 0 Å². The van der Waals surface area contributed by atoms with Crippen molar-refractivity contribution in [3.8, 4) is 0 Å². The summed E-state index contributed by atoms with van der Waals surface area (Å²) in [5, 5.41) is 0. The van der Waals surface area contributed by atoms with Gasteiger partial charge >= 0.3 is 0 Å². The van der Waals surface area contributed by atoms with E-state index in [2.05, 4.69) is 26.0 Å². The summed E-state index contributed by atoms with van der Waals surface area (Å²) in [6, 6.07) is 10.2. The molecule has 0 radical (unpaired) electrons. The van der Waals surface area contributed by atoms with Gasteiger partial charge in [-0.25, -0.2) is 0 Å². The lowest BCUT2D eigenvalue weighted by atomic mass is 9.99. The van der Waals surface area contributed by atoms with Crippen LogP contribution >= 0.6 is 0 Å². The van der Waals surface area contributed by atoms with Crippen molar-refractivity contribution >= 4 is 16.4 Å². The molecular weight excluding hydrogens is 268 g/mol. The molecule has 1 fully saturated rings. The van der Waals surface area contributed by atoms with Crippen LogP contribution in [0.4, 0.5) is 0 Å². The van der Waals surface area contributed by atoms with Gasteiger partial charge in [0.05, 0.1) is 12.9 Å². The highest BCUT2D eigenvalue weighted by Gasteiger charge is 2.33. The normalized spacial score (nSPS) is 27.3. The third kappa shape index (κ3) is 3.95. The molecule has 1 heterocycles. The minimum absolute atomic E-state index is 0.0489. The highest BCUT2D eigenvalue weighted by molar-refractivity contribution is 7.86. The molecule has 2 atom stereocenters. The number of benzene rings is 1. The minimum atomic E-state index is -0.694. The Hall–Kier alpha value is -1.09. The Kier molecular flexibility index (Phi) is 5.41. The monoisotopic (exact) mass is 292 g/mol. The fraction of sp³-hybridized carbons (Fsp3) is 0.529. The largest absolute Gasteiger partial charge is 0.501 e. The van der Waals surface area contributed by atoms with Crippen molar-refractivity contribution in [1.29, 1.82) is 0 Å². The van der Waals surface area contributed by atoms with Gasteiger partial charge in [0, 0.05) is 21.3 Å². The van der Waals surface area contributed by atoms with E-state index in [1.165, 1.54) is 12.0 Å². The van der Waals surface area contributed by atoms with Gasteiger partial charge in [-0.2, -0.15) is 0 Å². The molecule has 0 N–H and O–H groups in total. The molecule has 1 aromatic rings. The van der Waals surface area contributed by atoms with E-state index in [4.69, 9.17) is 4.74 Å². The van der Waals surface area contributed by atoms with E-state index in [0.717, 1.165) is 30.6 Å². The van der Waals surface area contributed by atoms with Crippen molar-refractivity contribution in [2.45, 2.75) is 44.3 Å². The summed E-state index contributed by atoms with van der Waals surface area (Å²) < 4.78 is 17.7. The summed E-state index contributed by atoms with van der Waals surface area (Å²) in [6.45, 7) is 4.83. The molecular formula is C17H24O2S. The molecule has 1 aliphatic heterocycles. The first-order valence-corrected chi connectivity index (χ1v) is 8.66. The van der Waals surface area contributed by atoms with Gasteiger partial charge in [0.1, 0.15) is 0 Å². The van der Waals surface area contributed by atoms with E-state index in [1.54, 1.807) is 0 Å². The van der Waals surface area contributed by atoms with Gasteiger partial charge in [0.25, 0.3) is 0 Å². The maximum Gasteiger partial charge on any atom is 0.0887 e.